The molecule has 2 aromatic rings. The van der Waals surface area contributed by atoms with Crippen LogP contribution in [0, 0.1) is 5.92 Å². The molecule has 25 heavy (non-hydrogen) atoms. The van der Waals surface area contributed by atoms with Crippen LogP contribution >= 0.6 is 12.4 Å². The summed E-state index contributed by atoms with van der Waals surface area (Å²) in [6.45, 7) is 1.93. The van der Waals surface area contributed by atoms with Gasteiger partial charge in [-0.15, -0.1) is 12.4 Å². The standard InChI is InChI=1S/C16H21N5O3.ClH/c22-13-9-17-7-10(13)8-19-14(23)5-6-18-16(24)15-11-3-1-2-4-12(11)20-21-15;/h1-4,10,13,17,22H,5-9H2,(H,18,24)(H,19,23)(H,20,21);1H. The van der Waals surface area contributed by atoms with Crippen molar-refractivity contribution in [2.24, 2.45) is 5.92 Å². The molecular formula is C16H22ClN5O3. The second kappa shape index (κ2) is 8.80. The van der Waals surface area contributed by atoms with E-state index in [2.05, 4.69) is 26.1 Å². The van der Waals surface area contributed by atoms with E-state index in [-0.39, 0.29) is 43.1 Å². The molecule has 2 unspecified atom stereocenters. The van der Waals surface area contributed by atoms with Gasteiger partial charge in [0.15, 0.2) is 5.69 Å². The second-order valence-corrected chi connectivity index (χ2v) is 5.91. The van der Waals surface area contributed by atoms with Gasteiger partial charge >= 0.3 is 0 Å². The first-order chi connectivity index (χ1) is 11.6. The van der Waals surface area contributed by atoms with Gasteiger partial charge in [0.1, 0.15) is 0 Å². The minimum absolute atomic E-state index is 0. The average Bonchev–Trinajstić information content (AvgIpc) is 3.19. The van der Waals surface area contributed by atoms with E-state index in [1.54, 1.807) is 0 Å². The molecule has 1 saturated heterocycles. The van der Waals surface area contributed by atoms with Gasteiger partial charge in [-0.1, -0.05) is 18.2 Å². The van der Waals surface area contributed by atoms with Crippen molar-refractivity contribution < 1.29 is 14.7 Å². The van der Waals surface area contributed by atoms with Crippen LogP contribution in [0.25, 0.3) is 10.9 Å². The van der Waals surface area contributed by atoms with Gasteiger partial charge in [0, 0.05) is 43.9 Å². The largest absolute Gasteiger partial charge is 0.391 e. The quantitative estimate of drug-likeness (QED) is 0.484. The van der Waals surface area contributed by atoms with Crippen LogP contribution in [0.2, 0.25) is 0 Å². The molecule has 1 aromatic carbocycles. The first-order valence-corrected chi connectivity index (χ1v) is 8.02. The van der Waals surface area contributed by atoms with Gasteiger partial charge in [-0.2, -0.15) is 5.10 Å². The van der Waals surface area contributed by atoms with Crippen LogP contribution in [0.1, 0.15) is 16.9 Å². The molecule has 0 saturated carbocycles. The summed E-state index contributed by atoms with van der Waals surface area (Å²) < 4.78 is 0. The SMILES string of the molecule is Cl.O=C(CCNC(=O)c1n[nH]c2ccccc12)NCC1CNCC1O. The molecule has 3 rings (SSSR count). The van der Waals surface area contributed by atoms with Crippen molar-refractivity contribution in [3.8, 4) is 0 Å². The third-order valence-electron chi connectivity index (χ3n) is 4.19. The highest BCUT2D eigenvalue weighted by molar-refractivity contribution is 6.04. The molecule has 1 aliphatic heterocycles. The molecule has 1 aromatic heterocycles. The molecule has 2 amide bonds. The van der Waals surface area contributed by atoms with Gasteiger partial charge in [-0.05, 0) is 6.07 Å². The van der Waals surface area contributed by atoms with Crippen molar-refractivity contribution in [2.75, 3.05) is 26.2 Å². The summed E-state index contributed by atoms with van der Waals surface area (Å²) in [5, 5.41) is 25.8. The number of hydrogen-bond donors (Lipinski definition) is 5. The molecule has 0 spiro atoms. The highest BCUT2D eigenvalue weighted by Gasteiger charge is 2.24. The number of para-hydroxylation sites is 1. The van der Waals surface area contributed by atoms with Crippen molar-refractivity contribution >= 4 is 35.1 Å². The number of carbonyl (C=O) groups is 2. The Hall–Kier alpha value is -2.16. The molecule has 2 atom stereocenters. The third kappa shape index (κ3) is 4.68. The first kappa shape index (κ1) is 19.2. The molecule has 1 aliphatic rings. The molecule has 2 heterocycles. The van der Waals surface area contributed by atoms with E-state index in [0.717, 1.165) is 10.9 Å². The number of β-amino-alcohol motifs (C(OH)–C–C–N with tert-alkyl or cyclic N) is 1. The number of H-pyrrole nitrogens is 1. The van der Waals surface area contributed by atoms with Crippen LogP contribution < -0.4 is 16.0 Å². The van der Waals surface area contributed by atoms with Crippen molar-refractivity contribution in [1.82, 2.24) is 26.1 Å². The lowest BCUT2D eigenvalue weighted by atomic mass is 10.1. The average molecular weight is 368 g/mol. The summed E-state index contributed by atoms with van der Waals surface area (Å²) in [5.74, 6) is -0.420. The Bertz CT molecular complexity index is 735. The number of fused-ring (bicyclic) bond motifs is 1. The minimum Gasteiger partial charge on any atom is -0.391 e. The molecule has 0 bridgehead atoms. The summed E-state index contributed by atoms with van der Waals surface area (Å²) in [7, 11) is 0. The summed E-state index contributed by atoms with van der Waals surface area (Å²) in [6, 6.07) is 7.37. The van der Waals surface area contributed by atoms with Gasteiger partial charge in [-0.3, -0.25) is 14.7 Å². The molecule has 136 valence electrons. The van der Waals surface area contributed by atoms with E-state index in [9.17, 15) is 14.7 Å². The number of benzene rings is 1. The first-order valence-electron chi connectivity index (χ1n) is 8.02. The number of aliphatic hydroxyl groups excluding tert-OH is 1. The predicted octanol–water partition coefficient (Wildman–Crippen LogP) is -0.199. The van der Waals surface area contributed by atoms with Gasteiger partial charge in [0.25, 0.3) is 5.91 Å². The van der Waals surface area contributed by atoms with E-state index < -0.39 is 6.10 Å². The van der Waals surface area contributed by atoms with Crippen LogP contribution in [-0.2, 0) is 4.79 Å². The maximum absolute atomic E-state index is 12.1. The molecule has 8 nitrogen and oxygen atoms in total. The lowest BCUT2D eigenvalue weighted by Crippen LogP contribution is -2.36. The molecule has 5 N–H and O–H groups in total. The normalized spacial score (nSPS) is 19.4. The number of nitrogens with one attached hydrogen (secondary N) is 4. The Labute approximate surface area is 151 Å². The smallest absolute Gasteiger partial charge is 0.272 e. The lowest BCUT2D eigenvalue weighted by molar-refractivity contribution is -0.121. The van der Waals surface area contributed by atoms with Crippen LogP contribution in [0.3, 0.4) is 0 Å². The maximum Gasteiger partial charge on any atom is 0.272 e. The highest BCUT2D eigenvalue weighted by atomic mass is 35.5. The van der Waals surface area contributed by atoms with Crippen LogP contribution in [-0.4, -0.2) is 59.4 Å². The number of aromatic amines is 1. The fraction of sp³-hybridized carbons (Fsp3) is 0.438. The molecule has 0 aliphatic carbocycles. The van der Waals surface area contributed by atoms with Gasteiger partial charge in [0.2, 0.25) is 5.91 Å². The summed E-state index contributed by atoms with van der Waals surface area (Å²) in [4.78, 5) is 23.9. The zero-order valence-electron chi connectivity index (χ0n) is 13.6. The van der Waals surface area contributed by atoms with E-state index in [0.29, 0.717) is 25.3 Å². The number of halogens is 1. The number of aliphatic hydroxyl groups is 1. The molecular weight excluding hydrogens is 346 g/mol. The number of carbonyl (C=O) groups excluding carboxylic acids is 2. The van der Waals surface area contributed by atoms with Crippen molar-refractivity contribution in [3.05, 3.63) is 30.0 Å². The molecule has 1 fully saturated rings. The Morgan fingerprint density at radius 3 is 2.80 bits per heavy atom. The van der Waals surface area contributed by atoms with Crippen molar-refractivity contribution in [2.45, 2.75) is 12.5 Å². The number of nitrogens with zero attached hydrogens (tertiary/aromatic N) is 1. The Morgan fingerprint density at radius 1 is 1.24 bits per heavy atom. The van der Waals surface area contributed by atoms with Crippen LogP contribution in [0.4, 0.5) is 0 Å². The number of amides is 2. The molecule has 0 radical (unpaired) electrons. The maximum atomic E-state index is 12.1. The van der Waals surface area contributed by atoms with Gasteiger partial charge in [0.05, 0.1) is 11.6 Å². The van der Waals surface area contributed by atoms with Crippen molar-refractivity contribution in [3.63, 3.8) is 0 Å². The van der Waals surface area contributed by atoms with E-state index >= 15 is 0 Å². The fourth-order valence-electron chi connectivity index (χ4n) is 2.77. The number of rotatable bonds is 6. The van der Waals surface area contributed by atoms with Crippen molar-refractivity contribution in [1.29, 1.82) is 0 Å². The fourth-order valence-corrected chi connectivity index (χ4v) is 2.77. The van der Waals surface area contributed by atoms with E-state index in [1.807, 2.05) is 24.3 Å². The van der Waals surface area contributed by atoms with Gasteiger partial charge in [-0.25, -0.2) is 0 Å². The Morgan fingerprint density at radius 2 is 2.04 bits per heavy atom. The summed E-state index contributed by atoms with van der Waals surface area (Å²) in [6.07, 6.45) is -0.234. The summed E-state index contributed by atoms with van der Waals surface area (Å²) >= 11 is 0. The minimum atomic E-state index is -0.419. The van der Waals surface area contributed by atoms with Gasteiger partial charge < -0.3 is 21.1 Å². The molecule has 9 heteroatoms. The second-order valence-electron chi connectivity index (χ2n) is 5.91. The Balaban J connectivity index is 0.00000225. The topological polar surface area (TPSA) is 119 Å². The van der Waals surface area contributed by atoms with Crippen LogP contribution in [0.5, 0.6) is 0 Å². The van der Waals surface area contributed by atoms with E-state index in [1.165, 1.54) is 0 Å². The monoisotopic (exact) mass is 367 g/mol. The van der Waals surface area contributed by atoms with E-state index in [4.69, 9.17) is 0 Å². The third-order valence-corrected chi connectivity index (χ3v) is 4.19. The zero-order valence-corrected chi connectivity index (χ0v) is 14.4. The Kier molecular flexibility index (Phi) is 6.74. The summed E-state index contributed by atoms with van der Waals surface area (Å²) in [5.41, 5.74) is 1.12. The van der Waals surface area contributed by atoms with Crippen LogP contribution in [0.15, 0.2) is 24.3 Å². The zero-order chi connectivity index (χ0) is 16.9. The predicted molar refractivity (Wildman–Crippen MR) is 95.7 cm³/mol. The number of aromatic nitrogens is 2. The number of hydrogen-bond acceptors (Lipinski definition) is 5. The lowest BCUT2D eigenvalue weighted by Gasteiger charge is -2.14. The highest BCUT2D eigenvalue weighted by Crippen LogP contribution is 2.14.